The summed E-state index contributed by atoms with van der Waals surface area (Å²) in [5.41, 5.74) is 4.49. The summed E-state index contributed by atoms with van der Waals surface area (Å²) in [5, 5.41) is 9.84. The molecule has 3 unspecified atom stereocenters. The Hall–Kier alpha value is -3.87. The minimum absolute atomic E-state index is 0.0199. The van der Waals surface area contributed by atoms with Crippen molar-refractivity contribution in [1.29, 1.82) is 0 Å². The van der Waals surface area contributed by atoms with Crippen molar-refractivity contribution in [2.24, 2.45) is 0 Å². The number of halogens is 4. The number of anilines is 2. The number of pyridine rings is 2. The molecule has 1 saturated carbocycles. The lowest BCUT2D eigenvalue weighted by Crippen LogP contribution is -2.45. The predicted molar refractivity (Wildman–Crippen MR) is 156 cm³/mol. The van der Waals surface area contributed by atoms with Crippen LogP contribution >= 0.6 is 0 Å². The topological polar surface area (TPSA) is 123 Å². The number of hydrogen-bond donors (Lipinski definition) is 4. The van der Waals surface area contributed by atoms with E-state index in [1.807, 2.05) is 6.92 Å². The number of nitrogens with one attached hydrogen (secondary N) is 3. The molecule has 43 heavy (non-hydrogen) atoms. The number of nitrogen functional groups attached to an aromatic ring is 1. The minimum Gasteiger partial charge on any atom is -0.472 e. The van der Waals surface area contributed by atoms with E-state index in [0.717, 1.165) is 37.8 Å². The molecule has 5 rings (SSSR count). The molecule has 1 fully saturated rings. The fraction of sp³-hybridized carbons (Fsp3) is 0.500. The Labute approximate surface area is 246 Å². The van der Waals surface area contributed by atoms with Crippen LogP contribution in [-0.4, -0.2) is 52.8 Å². The molecule has 9 nitrogen and oxygen atoms in total. The molecule has 3 aromatic rings. The van der Waals surface area contributed by atoms with Crippen molar-refractivity contribution in [3.63, 3.8) is 0 Å². The average Bonchev–Trinajstić information content (AvgIpc) is 3.67. The average molecular weight is 605 g/mol. The summed E-state index contributed by atoms with van der Waals surface area (Å²) in [5.74, 6) is -3.49. The summed E-state index contributed by atoms with van der Waals surface area (Å²) in [4.78, 5) is 22.4. The number of amides is 1. The van der Waals surface area contributed by atoms with Crippen LogP contribution in [0.1, 0.15) is 69.4 Å². The van der Waals surface area contributed by atoms with Crippen molar-refractivity contribution in [2.75, 3.05) is 17.6 Å². The van der Waals surface area contributed by atoms with Gasteiger partial charge in [-0.2, -0.15) is 8.78 Å². The van der Waals surface area contributed by atoms with Gasteiger partial charge in [-0.1, -0.05) is 13.3 Å². The van der Waals surface area contributed by atoms with Crippen LogP contribution in [0.25, 0.3) is 22.0 Å². The smallest absolute Gasteiger partial charge is 0.387 e. The maximum absolute atomic E-state index is 16.7. The first-order chi connectivity index (χ1) is 20.3. The quantitative estimate of drug-likeness (QED) is 0.172. The number of aryl methyl sites for hydroxylation is 1. The third-order valence-corrected chi connectivity index (χ3v) is 8.05. The van der Waals surface area contributed by atoms with E-state index in [0.29, 0.717) is 6.54 Å². The number of nitrogens with two attached hydrogens (primary N) is 1. The van der Waals surface area contributed by atoms with Crippen LogP contribution in [0.5, 0.6) is 11.6 Å². The number of ether oxygens (including phenoxy) is 2. The fourth-order valence-corrected chi connectivity index (χ4v) is 5.35. The maximum atomic E-state index is 16.7. The van der Waals surface area contributed by atoms with E-state index in [2.05, 4.69) is 44.5 Å². The lowest BCUT2D eigenvalue weighted by molar-refractivity contribution is -0.0517. The Morgan fingerprint density at radius 2 is 1.98 bits per heavy atom. The molecule has 2 aromatic heterocycles. The largest absolute Gasteiger partial charge is 0.472 e. The van der Waals surface area contributed by atoms with E-state index in [1.54, 1.807) is 6.92 Å². The fourth-order valence-electron chi connectivity index (χ4n) is 5.35. The second kappa shape index (κ2) is 11.7. The monoisotopic (exact) mass is 604 g/mol. The summed E-state index contributed by atoms with van der Waals surface area (Å²) in [6, 6.07) is 1.73. The molecular weight excluding hydrogens is 568 g/mol. The zero-order valence-electron chi connectivity index (χ0n) is 24.7. The van der Waals surface area contributed by atoms with E-state index in [4.69, 9.17) is 10.5 Å². The first-order valence-corrected chi connectivity index (χ1v) is 14.4. The van der Waals surface area contributed by atoms with E-state index < -0.39 is 47.3 Å². The standard InChI is InChI=1S/C30H36F4N6O3/c1-6-7-13(2)36-12-19-15(4)42-28-21-20(14(3)23(38-26(21)37-19)27(41)40-30(5)8-9-30)22(32)24(39-28)17-10-16(35)11-18(31)25(17)43-29(33)34/h10-11,13,15,19,29,36H,6-9,12,35H2,1-5H3,(H,37,38)(H,40,41). The Morgan fingerprint density at radius 1 is 1.26 bits per heavy atom. The second-order valence-corrected chi connectivity index (χ2v) is 11.7. The number of carbonyl (C=O) groups is 1. The highest BCUT2D eigenvalue weighted by atomic mass is 19.3. The number of carbonyl (C=O) groups excluding carboxylic acids is 1. The molecule has 3 atom stereocenters. The summed E-state index contributed by atoms with van der Waals surface area (Å²) >= 11 is 0. The molecule has 1 aliphatic carbocycles. The van der Waals surface area contributed by atoms with Crippen LogP contribution in [0.15, 0.2) is 12.1 Å². The van der Waals surface area contributed by atoms with Gasteiger partial charge in [0.15, 0.2) is 17.4 Å². The van der Waals surface area contributed by atoms with Crippen molar-refractivity contribution in [3.8, 4) is 22.9 Å². The highest BCUT2D eigenvalue weighted by Crippen LogP contribution is 2.44. The second-order valence-electron chi connectivity index (χ2n) is 11.7. The Bertz CT molecular complexity index is 1570. The maximum Gasteiger partial charge on any atom is 0.387 e. The lowest BCUT2D eigenvalue weighted by Gasteiger charge is -2.25. The lowest BCUT2D eigenvalue weighted by atomic mass is 10.00. The molecule has 3 heterocycles. The van der Waals surface area contributed by atoms with Gasteiger partial charge in [0.2, 0.25) is 5.88 Å². The van der Waals surface area contributed by atoms with Crippen molar-refractivity contribution in [3.05, 3.63) is 35.0 Å². The number of rotatable bonds is 10. The van der Waals surface area contributed by atoms with Gasteiger partial charge in [0.05, 0.1) is 17.0 Å². The Kier molecular flexibility index (Phi) is 8.30. The Morgan fingerprint density at radius 3 is 2.63 bits per heavy atom. The van der Waals surface area contributed by atoms with Gasteiger partial charge in [0.1, 0.15) is 23.3 Å². The van der Waals surface area contributed by atoms with Crippen LogP contribution in [0.3, 0.4) is 0 Å². The first-order valence-electron chi connectivity index (χ1n) is 14.4. The van der Waals surface area contributed by atoms with Crippen LogP contribution in [0.4, 0.5) is 29.1 Å². The molecule has 0 radical (unpaired) electrons. The molecule has 0 spiro atoms. The van der Waals surface area contributed by atoms with Gasteiger partial charge in [-0.05, 0) is 58.6 Å². The van der Waals surface area contributed by atoms with Crippen LogP contribution < -0.4 is 31.2 Å². The van der Waals surface area contributed by atoms with Crippen molar-refractivity contribution >= 4 is 28.2 Å². The zero-order chi connectivity index (χ0) is 31.2. The molecule has 1 aliphatic heterocycles. The molecule has 2 aliphatic rings. The molecule has 0 saturated heterocycles. The highest BCUT2D eigenvalue weighted by molar-refractivity contribution is 6.06. The van der Waals surface area contributed by atoms with Crippen molar-refractivity contribution < 1.29 is 31.8 Å². The number of benzene rings is 1. The first kappa shape index (κ1) is 30.6. The SMILES string of the molecule is CCCC(C)NCC1Nc2nc(C(=O)NC3(C)CC3)c(C)c3c(F)c(-c4cc(N)cc(F)c4OC(F)F)nc(c23)OC1C. The zero-order valence-corrected chi connectivity index (χ0v) is 24.7. The van der Waals surface area contributed by atoms with E-state index in [-0.39, 0.29) is 57.0 Å². The van der Waals surface area contributed by atoms with Gasteiger partial charge in [-0.15, -0.1) is 0 Å². The predicted octanol–water partition coefficient (Wildman–Crippen LogP) is 5.69. The third-order valence-electron chi connectivity index (χ3n) is 8.05. The van der Waals surface area contributed by atoms with E-state index >= 15 is 4.39 Å². The molecule has 1 amide bonds. The van der Waals surface area contributed by atoms with Crippen LogP contribution in [-0.2, 0) is 0 Å². The number of hydrogen-bond acceptors (Lipinski definition) is 8. The summed E-state index contributed by atoms with van der Waals surface area (Å²) in [6.07, 6.45) is 3.00. The summed E-state index contributed by atoms with van der Waals surface area (Å²) in [6.45, 7) is 6.44. The number of aromatic nitrogens is 2. The molecule has 232 valence electrons. The third kappa shape index (κ3) is 6.13. The highest BCUT2D eigenvalue weighted by Gasteiger charge is 2.40. The van der Waals surface area contributed by atoms with Gasteiger partial charge < -0.3 is 31.2 Å². The molecule has 0 bridgehead atoms. The molecule has 5 N–H and O–H groups in total. The Balaban J connectivity index is 1.72. The van der Waals surface area contributed by atoms with Gasteiger partial charge >= 0.3 is 6.61 Å². The van der Waals surface area contributed by atoms with Gasteiger partial charge in [-0.25, -0.2) is 18.7 Å². The van der Waals surface area contributed by atoms with Crippen LogP contribution in [0, 0.1) is 18.6 Å². The van der Waals surface area contributed by atoms with Crippen molar-refractivity contribution in [1.82, 2.24) is 20.6 Å². The van der Waals surface area contributed by atoms with Crippen molar-refractivity contribution in [2.45, 2.75) is 90.6 Å². The van der Waals surface area contributed by atoms with Gasteiger partial charge in [0.25, 0.3) is 5.91 Å². The minimum atomic E-state index is -3.40. The van der Waals surface area contributed by atoms with E-state index in [1.165, 1.54) is 6.92 Å². The molecule has 13 heteroatoms. The number of nitrogens with zero attached hydrogens (tertiary/aromatic N) is 2. The molecule has 1 aromatic carbocycles. The summed E-state index contributed by atoms with van der Waals surface area (Å²) in [7, 11) is 0. The van der Waals surface area contributed by atoms with Crippen LogP contribution in [0.2, 0.25) is 0 Å². The molecular formula is C30H36F4N6O3. The van der Waals surface area contributed by atoms with E-state index in [9.17, 15) is 18.0 Å². The van der Waals surface area contributed by atoms with Gasteiger partial charge in [-0.3, -0.25) is 4.79 Å². The van der Waals surface area contributed by atoms with Gasteiger partial charge in [0, 0.05) is 35.3 Å². The number of alkyl halides is 2. The summed E-state index contributed by atoms with van der Waals surface area (Å²) < 4.78 is 68.8. The normalized spacial score (nSPS) is 19.4.